The van der Waals surface area contributed by atoms with Crippen molar-refractivity contribution in [3.63, 3.8) is 0 Å². The van der Waals surface area contributed by atoms with Crippen LogP contribution in [0.25, 0.3) is 0 Å². The summed E-state index contributed by atoms with van der Waals surface area (Å²) >= 11 is 0. The van der Waals surface area contributed by atoms with E-state index in [1.807, 2.05) is 25.2 Å². The summed E-state index contributed by atoms with van der Waals surface area (Å²) in [7, 11) is 3.07. The van der Waals surface area contributed by atoms with Gasteiger partial charge in [0.1, 0.15) is 22.7 Å². The molecule has 6 rings (SSSR count). The maximum Gasteiger partial charge on any atom is 0.171 e. The van der Waals surface area contributed by atoms with Gasteiger partial charge in [0.15, 0.2) is 11.6 Å². The van der Waals surface area contributed by atoms with E-state index in [-0.39, 0.29) is 34.2 Å². The van der Waals surface area contributed by atoms with Crippen LogP contribution in [0.1, 0.15) is 64.4 Å². The van der Waals surface area contributed by atoms with Gasteiger partial charge in [-0.25, -0.2) is 0 Å². The van der Waals surface area contributed by atoms with Crippen molar-refractivity contribution in [1.29, 1.82) is 0 Å². The van der Waals surface area contributed by atoms with E-state index in [1.54, 1.807) is 0 Å². The Balaban J connectivity index is 1.84. The first-order chi connectivity index (χ1) is 13.8. The van der Waals surface area contributed by atoms with Gasteiger partial charge in [-0.2, -0.15) is 0 Å². The number of fused-ring (bicyclic) bond motifs is 3. The van der Waals surface area contributed by atoms with Crippen LogP contribution in [0.2, 0.25) is 0 Å². The molecular formula is C23H24O6. The molecule has 2 bridgehead atoms. The molecule has 1 aromatic rings. The summed E-state index contributed by atoms with van der Waals surface area (Å²) in [6.45, 7) is 1.94. The normalized spacial score (nSPS) is 34.5. The van der Waals surface area contributed by atoms with E-state index in [1.165, 1.54) is 14.2 Å². The summed E-state index contributed by atoms with van der Waals surface area (Å²) in [6.07, 6.45) is 7.63. The monoisotopic (exact) mass is 396 g/mol. The van der Waals surface area contributed by atoms with Crippen LogP contribution in [0.3, 0.4) is 0 Å². The molecule has 4 unspecified atom stereocenters. The van der Waals surface area contributed by atoms with Crippen LogP contribution < -0.4 is 0 Å². The first-order valence-corrected chi connectivity index (χ1v) is 9.98. The molecule has 0 aliphatic heterocycles. The summed E-state index contributed by atoms with van der Waals surface area (Å²) in [5.74, 6) is -2.10. The molecule has 29 heavy (non-hydrogen) atoms. The Bertz CT molecular complexity index is 1030. The van der Waals surface area contributed by atoms with Gasteiger partial charge in [-0.1, -0.05) is 11.6 Å². The van der Waals surface area contributed by atoms with Crippen molar-refractivity contribution in [2.75, 3.05) is 14.2 Å². The average Bonchev–Trinajstić information content (AvgIpc) is 2.74. The number of ketones is 2. The quantitative estimate of drug-likeness (QED) is 0.587. The summed E-state index contributed by atoms with van der Waals surface area (Å²) in [5, 5.41) is 22.6. The van der Waals surface area contributed by atoms with Crippen molar-refractivity contribution < 1.29 is 29.3 Å². The Morgan fingerprint density at radius 1 is 0.897 bits per heavy atom. The van der Waals surface area contributed by atoms with Crippen molar-refractivity contribution in [2.45, 2.75) is 43.8 Å². The predicted molar refractivity (Wildman–Crippen MR) is 104 cm³/mol. The second-order valence-electron chi connectivity index (χ2n) is 8.65. The molecule has 0 spiro atoms. The summed E-state index contributed by atoms with van der Waals surface area (Å²) in [4.78, 5) is 26.8. The van der Waals surface area contributed by atoms with Crippen molar-refractivity contribution in [1.82, 2.24) is 0 Å². The van der Waals surface area contributed by atoms with Gasteiger partial charge in [-0.3, -0.25) is 9.59 Å². The second-order valence-corrected chi connectivity index (χ2v) is 8.65. The summed E-state index contributed by atoms with van der Waals surface area (Å²) in [5.41, 5.74) is -0.311. The maximum atomic E-state index is 13.4. The van der Waals surface area contributed by atoms with Gasteiger partial charge in [0.05, 0.1) is 11.1 Å². The summed E-state index contributed by atoms with van der Waals surface area (Å²) in [6, 6.07) is 0. The van der Waals surface area contributed by atoms with E-state index in [0.717, 1.165) is 5.57 Å². The third-order valence-corrected chi connectivity index (χ3v) is 7.43. The number of phenols is 2. The Labute approximate surface area is 168 Å². The molecule has 5 aliphatic carbocycles. The molecule has 2 N–H and O–H groups in total. The molecule has 152 valence electrons. The Hall–Kier alpha value is -2.44. The van der Waals surface area contributed by atoms with E-state index in [0.29, 0.717) is 36.8 Å². The number of ether oxygens (including phenoxy) is 2. The lowest BCUT2D eigenvalue weighted by molar-refractivity contribution is -0.0651. The highest BCUT2D eigenvalue weighted by Gasteiger charge is 2.56. The number of carbonyl (C=O) groups excluding carboxylic acids is 2. The van der Waals surface area contributed by atoms with Gasteiger partial charge in [0, 0.05) is 37.2 Å². The number of aromatic hydroxyl groups is 2. The lowest BCUT2D eigenvalue weighted by atomic mass is 9.61. The fraction of sp³-hybridized carbons (Fsp3) is 0.478. The molecule has 1 aromatic carbocycles. The largest absolute Gasteiger partial charge is 0.507 e. The molecule has 0 saturated carbocycles. The van der Waals surface area contributed by atoms with Crippen LogP contribution in [0.5, 0.6) is 11.5 Å². The average molecular weight is 396 g/mol. The van der Waals surface area contributed by atoms with Gasteiger partial charge in [0.2, 0.25) is 0 Å². The molecule has 0 saturated heterocycles. The number of carbonyl (C=O) groups is 2. The molecule has 0 fully saturated rings. The molecule has 0 amide bonds. The fourth-order valence-electron chi connectivity index (χ4n) is 5.80. The highest BCUT2D eigenvalue weighted by molar-refractivity contribution is 6.19. The molecule has 0 aromatic heterocycles. The fourth-order valence-corrected chi connectivity index (χ4v) is 5.80. The summed E-state index contributed by atoms with van der Waals surface area (Å²) < 4.78 is 11.5. The Kier molecular flexibility index (Phi) is 3.72. The molecule has 0 radical (unpaired) electrons. The highest BCUT2D eigenvalue weighted by atomic mass is 16.5. The number of methoxy groups -OCH3 is 2. The van der Waals surface area contributed by atoms with Gasteiger partial charge < -0.3 is 19.7 Å². The van der Waals surface area contributed by atoms with Crippen molar-refractivity contribution in [3.8, 4) is 11.5 Å². The van der Waals surface area contributed by atoms with E-state index in [2.05, 4.69) is 0 Å². The zero-order valence-electron chi connectivity index (χ0n) is 16.7. The smallest absolute Gasteiger partial charge is 0.171 e. The van der Waals surface area contributed by atoms with E-state index in [9.17, 15) is 19.8 Å². The Morgan fingerprint density at radius 2 is 1.38 bits per heavy atom. The van der Waals surface area contributed by atoms with E-state index < -0.39 is 23.0 Å². The van der Waals surface area contributed by atoms with Crippen LogP contribution in [-0.4, -0.2) is 36.0 Å². The van der Waals surface area contributed by atoms with Crippen LogP contribution in [0.15, 0.2) is 23.8 Å². The van der Waals surface area contributed by atoms with E-state index >= 15 is 0 Å². The Morgan fingerprint density at radius 3 is 1.83 bits per heavy atom. The van der Waals surface area contributed by atoms with Crippen molar-refractivity contribution in [2.24, 2.45) is 11.8 Å². The third kappa shape index (κ3) is 2.08. The van der Waals surface area contributed by atoms with Crippen LogP contribution in [-0.2, 0) is 20.7 Å². The zero-order valence-corrected chi connectivity index (χ0v) is 16.7. The number of allylic oxidation sites excluding steroid dienone is 2. The lowest BCUT2D eigenvalue weighted by Gasteiger charge is -2.49. The standard InChI is InChI=1S/C23H24O6/c1-11-4-5-12-13(10-11)19(25)15-14(18(12)24)20(26)16-17(21(15)27)23(29-3)8-6-22(16,28-2)7-9-23/h4,6,8,12-13,26-27H,5,7,9-10H2,1-3H3. The minimum atomic E-state index is -0.964. The van der Waals surface area contributed by atoms with Crippen molar-refractivity contribution >= 4 is 11.6 Å². The molecule has 6 nitrogen and oxygen atoms in total. The van der Waals surface area contributed by atoms with Crippen LogP contribution in [0.4, 0.5) is 0 Å². The zero-order chi connectivity index (χ0) is 20.7. The second kappa shape index (κ2) is 5.80. The molecular weight excluding hydrogens is 372 g/mol. The topological polar surface area (TPSA) is 93.1 Å². The van der Waals surface area contributed by atoms with Gasteiger partial charge >= 0.3 is 0 Å². The molecule has 0 heterocycles. The number of hydrogen-bond acceptors (Lipinski definition) is 6. The first kappa shape index (κ1) is 18.6. The van der Waals surface area contributed by atoms with Crippen LogP contribution >= 0.6 is 0 Å². The number of phenolic OH excluding ortho intramolecular Hbond substituents is 2. The number of benzene rings is 1. The number of hydrogen-bond donors (Lipinski definition) is 2. The van der Waals surface area contributed by atoms with Gasteiger partial charge in [-0.05, 0) is 44.8 Å². The maximum absolute atomic E-state index is 13.4. The molecule has 4 atom stereocenters. The van der Waals surface area contributed by atoms with E-state index in [4.69, 9.17) is 9.47 Å². The van der Waals surface area contributed by atoms with Crippen LogP contribution in [0, 0.1) is 11.8 Å². The first-order valence-electron chi connectivity index (χ1n) is 9.98. The predicted octanol–water partition coefficient (Wildman–Crippen LogP) is 3.50. The third-order valence-electron chi connectivity index (χ3n) is 7.43. The lowest BCUT2D eigenvalue weighted by Crippen LogP contribution is -2.47. The van der Waals surface area contributed by atoms with Gasteiger partial charge in [-0.15, -0.1) is 0 Å². The minimum Gasteiger partial charge on any atom is -0.507 e. The highest BCUT2D eigenvalue weighted by Crippen LogP contribution is 2.61. The molecule has 5 aliphatic rings. The van der Waals surface area contributed by atoms with Gasteiger partial charge in [0.25, 0.3) is 0 Å². The van der Waals surface area contributed by atoms with Crippen molar-refractivity contribution in [3.05, 3.63) is 46.1 Å². The number of Topliss-reactive ketones (excluding diaryl/α,β-unsaturated/α-hetero) is 2. The minimum absolute atomic E-state index is 0.0640. The SMILES string of the molecule is COC12C=CC(OC)(CC1)c1c(O)c3c(c(O)c12)C(=O)C1CC=C(C)CC1C3=O. The number of rotatable bonds is 2. The molecule has 6 heteroatoms.